The van der Waals surface area contributed by atoms with E-state index in [0.717, 1.165) is 25.1 Å². The SMILES string of the molecule is CCCN=C(C)CC(C)(C)[Si](OCC)(OCC)OCC. The van der Waals surface area contributed by atoms with E-state index in [0.29, 0.717) is 19.8 Å². The first kappa shape index (κ1) is 19.8. The maximum atomic E-state index is 6.02. The van der Waals surface area contributed by atoms with Gasteiger partial charge in [0.25, 0.3) is 0 Å². The molecule has 0 N–H and O–H groups in total. The van der Waals surface area contributed by atoms with Gasteiger partial charge in [-0.05, 0) is 40.5 Å². The highest BCUT2D eigenvalue weighted by Crippen LogP contribution is 2.43. The zero-order valence-electron chi connectivity index (χ0n) is 14.4. The standard InChI is InChI=1S/C15H33NO3Si/c1-8-12-16-14(5)13-15(6,7)20(17-9-2,18-10-3)19-11-4/h8-13H2,1-7H3. The molecule has 0 radical (unpaired) electrons. The molecule has 0 amide bonds. The van der Waals surface area contributed by atoms with E-state index < -0.39 is 8.80 Å². The predicted molar refractivity (Wildman–Crippen MR) is 87.6 cm³/mol. The second-order valence-corrected chi connectivity index (χ2v) is 8.86. The summed E-state index contributed by atoms with van der Waals surface area (Å²) in [5, 5.41) is -0.170. The van der Waals surface area contributed by atoms with Crippen LogP contribution in [0.2, 0.25) is 5.04 Å². The number of nitrogens with zero attached hydrogens (tertiary/aromatic N) is 1. The lowest BCUT2D eigenvalue weighted by molar-refractivity contribution is 0.0490. The molecule has 5 heteroatoms. The average molecular weight is 304 g/mol. The molecule has 0 aliphatic heterocycles. The van der Waals surface area contributed by atoms with Crippen molar-refractivity contribution in [2.75, 3.05) is 26.4 Å². The third-order valence-corrected chi connectivity index (χ3v) is 6.98. The van der Waals surface area contributed by atoms with Gasteiger partial charge in [0.2, 0.25) is 0 Å². The lowest BCUT2D eigenvalue weighted by atomic mass is 10.1. The highest BCUT2D eigenvalue weighted by molar-refractivity contribution is 6.64. The van der Waals surface area contributed by atoms with Crippen molar-refractivity contribution in [2.24, 2.45) is 4.99 Å². The van der Waals surface area contributed by atoms with Crippen LogP contribution in [0.1, 0.15) is 61.3 Å². The summed E-state index contributed by atoms with van der Waals surface area (Å²) in [6, 6.07) is 0. The van der Waals surface area contributed by atoms with Crippen LogP contribution in [0.15, 0.2) is 4.99 Å². The molecule has 20 heavy (non-hydrogen) atoms. The Morgan fingerprint density at radius 1 is 0.950 bits per heavy atom. The fourth-order valence-electron chi connectivity index (χ4n) is 2.39. The van der Waals surface area contributed by atoms with Gasteiger partial charge < -0.3 is 13.3 Å². The maximum absolute atomic E-state index is 6.02. The van der Waals surface area contributed by atoms with Gasteiger partial charge in [-0.3, -0.25) is 4.99 Å². The number of rotatable bonds is 11. The fraction of sp³-hybridized carbons (Fsp3) is 0.933. The van der Waals surface area contributed by atoms with Gasteiger partial charge in [0, 0.05) is 37.1 Å². The van der Waals surface area contributed by atoms with E-state index in [1.54, 1.807) is 0 Å². The van der Waals surface area contributed by atoms with Crippen LogP contribution in [0.3, 0.4) is 0 Å². The van der Waals surface area contributed by atoms with Gasteiger partial charge in [0.15, 0.2) is 0 Å². The second-order valence-electron chi connectivity index (χ2n) is 5.53. The summed E-state index contributed by atoms with van der Waals surface area (Å²) >= 11 is 0. The van der Waals surface area contributed by atoms with Crippen LogP contribution in [0.4, 0.5) is 0 Å². The van der Waals surface area contributed by atoms with Crippen LogP contribution in [0.25, 0.3) is 0 Å². The van der Waals surface area contributed by atoms with Crippen molar-refractivity contribution in [2.45, 2.75) is 66.3 Å². The normalized spacial score (nSPS) is 13.8. The third-order valence-electron chi connectivity index (χ3n) is 3.14. The van der Waals surface area contributed by atoms with Crippen LogP contribution in [0.5, 0.6) is 0 Å². The Kier molecular flexibility index (Phi) is 9.55. The predicted octanol–water partition coefficient (Wildman–Crippen LogP) is 4.08. The molecule has 0 saturated heterocycles. The van der Waals surface area contributed by atoms with E-state index in [2.05, 4.69) is 32.7 Å². The summed E-state index contributed by atoms with van der Waals surface area (Å²) in [7, 11) is -2.71. The highest BCUT2D eigenvalue weighted by atomic mass is 28.4. The molecule has 0 aromatic rings. The zero-order valence-corrected chi connectivity index (χ0v) is 15.4. The third kappa shape index (κ3) is 5.64. The van der Waals surface area contributed by atoms with E-state index in [1.165, 1.54) is 0 Å². The Balaban J connectivity index is 5.17. The average Bonchev–Trinajstić information content (AvgIpc) is 2.36. The van der Waals surface area contributed by atoms with Crippen LogP contribution in [-0.2, 0) is 13.3 Å². The van der Waals surface area contributed by atoms with Crippen molar-refractivity contribution in [3.8, 4) is 0 Å². The molecule has 120 valence electrons. The zero-order chi connectivity index (χ0) is 15.6. The quantitative estimate of drug-likeness (QED) is 0.426. The first-order valence-corrected chi connectivity index (χ1v) is 9.53. The lowest BCUT2D eigenvalue weighted by Crippen LogP contribution is -2.55. The Morgan fingerprint density at radius 3 is 1.75 bits per heavy atom. The van der Waals surface area contributed by atoms with E-state index in [-0.39, 0.29) is 5.04 Å². The molecule has 0 bridgehead atoms. The van der Waals surface area contributed by atoms with E-state index in [1.807, 2.05) is 20.8 Å². The molecule has 0 rings (SSSR count). The topological polar surface area (TPSA) is 40.0 Å². The van der Waals surface area contributed by atoms with Crippen LogP contribution in [0, 0.1) is 0 Å². The van der Waals surface area contributed by atoms with Crippen molar-refractivity contribution >= 4 is 14.5 Å². The van der Waals surface area contributed by atoms with Crippen molar-refractivity contribution in [1.29, 1.82) is 0 Å². The van der Waals surface area contributed by atoms with E-state index in [4.69, 9.17) is 13.3 Å². The summed E-state index contributed by atoms with van der Waals surface area (Å²) < 4.78 is 18.1. The van der Waals surface area contributed by atoms with E-state index in [9.17, 15) is 0 Å². The van der Waals surface area contributed by atoms with Crippen LogP contribution in [-0.4, -0.2) is 40.9 Å². The van der Waals surface area contributed by atoms with Crippen LogP contribution < -0.4 is 0 Å². The molecular weight excluding hydrogens is 270 g/mol. The number of hydrogen-bond acceptors (Lipinski definition) is 4. The van der Waals surface area contributed by atoms with Crippen molar-refractivity contribution in [3.63, 3.8) is 0 Å². The van der Waals surface area contributed by atoms with E-state index >= 15 is 0 Å². The molecule has 0 heterocycles. The minimum atomic E-state index is -2.71. The van der Waals surface area contributed by atoms with Gasteiger partial charge >= 0.3 is 8.80 Å². The second kappa shape index (κ2) is 9.66. The first-order chi connectivity index (χ1) is 9.39. The summed E-state index contributed by atoms with van der Waals surface area (Å²) in [5.74, 6) is 0. The minimum Gasteiger partial charge on any atom is -0.373 e. The molecular formula is C15H33NO3Si. The molecule has 0 aliphatic rings. The smallest absolute Gasteiger partial charge is 0.373 e. The number of hydrogen-bond donors (Lipinski definition) is 0. The molecule has 0 aromatic carbocycles. The Morgan fingerprint density at radius 2 is 1.40 bits per heavy atom. The number of aliphatic imine (C=N–C) groups is 1. The van der Waals surface area contributed by atoms with Crippen molar-refractivity contribution in [3.05, 3.63) is 0 Å². The van der Waals surface area contributed by atoms with Crippen molar-refractivity contribution < 1.29 is 13.3 Å². The molecule has 0 aliphatic carbocycles. The van der Waals surface area contributed by atoms with Gasteiger partial charge in [-0.1, -0.05) is 20.8 Å². The van der Waals surface area contributed by atoms with Gasteiger partial charge in [0.05, 0.1) is 0 Å². The van der Waals surface area contributed by atoms with Gasteiger partial charge in [-0.2, -0.15) is 0 Å². The largest absolute Gasteiger partial charge is 0.507 e. The molecule has 0 unspecified atom stereocenters. The Hall–Kier alpha value is -0.233. The van der Waals surface area contributed by atoms with Gasteiger partial charge in [0.1, 0.15) is 0 Å². The lowest BCUT2D eigenvalue weighted by Gasteiger charge is -2.40. The minimum absolute atomic E-state index is 0.170. The monoisotopic (exact) mass is 303 g/mol. The molecule has 0 fully saturated rings. The molecule has 0 aromatic heterocycles. The van der Waals surface area contributed by atoms with Gasteiger partial charge in [-0.25, -0.2) is 0 Å². The Bertz CT molecular complexity index is 276. The van der Waals surface area contributed by atoms with Gasteiger partial charge in [-0.15, -0.1) is 0 Å². The fourth-order valence-corrected chi connectivity index (χ4v) is 5.42. The van der Waals surface area contributed by atoms with Crippen molar-refractivity contribution in [1.82, 2.24) is 0 Å². The van der Waals surface area contributed by atoms with Crippen LogP contribution >= 0.6 is 0 Å². The summed E-state index contributed by atoms with van der Waals surface area (Å²) in [5.41, 5.74) is 1.15. The molecule has 0 atom stereocenters. The summed E-state index contributed by atoms with van der Waals surface area (Å²) in [6.07, 6.45) is 1.92. The highest BCUT2D eigenvalue weighted by Gasteiger charge is 2.55. The Labute approximate surface area is 126 Å². The summed E-state index contributed by atoms with van der Waals surface area (Å²) in [4.78, 5) is 4.59. The maximum Gasteiger partial charge on any atom is 0.507 e. The molecule has 4 nitrogen and oxygen atoms in total. The first-order valence-electron chi connectivity index (χ1n) is 7.80. The molecule has 0 spiro atoms. The molecule has 0 saturated carbocycles. The summed E-state index contributed by atoms with van der Waals surface area (Å²) in [6.45, 7) is 17.3.